The maximum Gasteiger partial charge on any atom is 0.307 e. The lowest BCUT2D eigenvalue weighted by molar-refractivity contribution is -0.384. The zero-order chi connectivity index (χ0) is 19.7. The molecule has 1 fully saturated rings. The van der Waals surface area contributed by atoms with E-state index in [9.17, 15) is 4.79 Å². The number of rotatable bonds is 9. The largest absolute Gasteiger partial charge is 0.446 e. The Morgan fingerprint density at radius 3 is 2.15 bits per heavy atom. The van der Waals surface area contributed by atoms with Gasteiger partial charge in [0.15, 0.2) is 11.2 Å². The van der Waals surface area contributed by atoms with Crippen LogP contribution in [0.4, 0.5) is 0 Å². The Kier molecular flexibility index (Phi) is 9.13. The van der Waals surface area contributed by atoms with E-state index < -0.39 is 16.8 Å². The van der Waals surface area contributed by atoms with Crippen molar-refractivity contribution in [1.82, 2.24) is 0 Å². The monoisotopic (exact) mass is 366 g/mol. The average molecular weight is 367 g/mol. The van der Waals surface area contributed by atoms with Crippen molar-refractivity contribution >= 4 is 5.97 Å². The van der Waals surface area contributed by atoms with Crippen LogP contribution in [-0.4, -0.2) is 22.8 Å². The number of carbonyl (C=O) groups is 1. The first-order valence-electron chi connectivity index (χ1n) is 10.2. The van der Waals surface area contributed by atoms with E-state index in [1.807, 2.05) is 34.6 Å². The maximum atomic E-state index is 12.3. The van der Waals surface area contributed by atoms with Gasteiger partial charge in [-0.1, -0.05) is 44.4 Å². The van der Waals surface area contributed by atoms with Crippen molar-refractivity contribution in [2.45, 2.75) is 123 Å². The van der Waals surface area contributed by atoms with Gasteiger partial charge in [-0.25, -0.2) is 9.78 Å². The highest BCUT2D eigenvalue weighted by Gasteiger charge is 2.36. The van der Waals surface area contributed by atoms with Crippen molar-refractivity contribution in [3.8, 4) is 11.8 Å². The first kappa shape index (κ1) is 23.0. The van der Waals surface area contributed by atoms with Crippen molar-refractivity contribution in [3.05, 3.63) is 0 Å². The number of esters is 1. The molecule has 0 saturated heterocycles. The molecule has 0 N–H and O–H groups in total. The van der Waals surface area contributed by atoms with Gasteiger partial charge in [-0.2, -0.15) is 0 Å². The molecule has 0 aromatic carbocycles. The highest BCUT2D eigenvalue weighted by Crippen LogP contribution is 2.33. The predicted molar refractivity (Wildman–Crippen MR) is 104 cm³/mol. The Morgan fingerprint density at radius 2 is 1.58 bits per heavy atom. The SMILES string of the molecule is CCCCCCCC(=O)OC1(C#CC(C)(C)OOC(C)(C)C)CCCC1. The minimum absolute atomic E-state index is 0.123. The molecular weight excluding hydrogens is 328 g/mol. The summed E-state index contributed by atoms with van der Waals surface area (Å²) in [4.78, 5) is 23.2. The molecule has 1 aliphatic rings. The lowest BCUT2D eigenvalue weighted by Gasteiger charge is -2.26. The topological polar surface area (TPSA) is 44.8 Å². The Hall–Kier alpha value is -1.05. The summed E-state index contributed by atoms with van der Waals surface area (Å²) in [6.45, 7) is 11.7. The first-order chi connectivity index (χ1) is 12.1. The molecule has 0 heterocycles. The number of hydrogen-bond acceptors (Lipinski definition) is 4. The third kappa shape index (κ3) is 9.59. The van der Waals surface area contributed by atoms with Crippen LogP contribution in [-0.2, 0) is 19.3 Å². The molecule has 0 atom stereocenters. The highest BCUT2D eigenvalue weighted by atomic mass is 17.2. The van der Waals surface area contributed by atoms with E-state index in [1.54, 1.807) is 0 Å². The Balaban J connectivity index is 2.60. The molecule has 0 aliphatic heterocycles. The minimum Gasteiger partial charge on any atom is -0.446 e. The molecule has 0 amide bonds. The second-order valence-corrected chi connectivity index (χ2v) is 8.88. The number of hydrogen-bond donors (Lipinski definition) is 0. The van der Waals surface area contributed by atoms with Gasteiger partial charge >= 0.3 is 5.97 Å². The quantitative estimate of drug-likeness (QED) is 0.172. The molecule has 1 aliphatic carbocycles. The van der Waals surface area contributed by atoms with Crippen LogP contribution in [0.5, 0.6) is 0 Å². The number of ether oxygens (including phenoxy) is 1. The van der Waals surface area contributed by atoms with Crippen LogP contribution in [0, 0.1) is 11.8 Å². The maximum absolute atomic E-state index is 12.3. The molecule has 1 rings (SSSR count). The van der Waals surface area contributed by atoms with Crippen LogP contribution >= 0.6 is 0 Å². The predicted octanol–water partition coefficient (Wildman–Crippen LogP) is 5.73. The van der Waals surface area contributed by atoms with E-state index in [-0.39, 0.29) is 5.97 Å². The summed E-state index contributed by atoms with van der Waals surface area (Å²) < 4.78 is 5.84. The summed E-state index contributed by atoms with van der Waals surface area (Å²) in [6, 6.07) is 0. The molecule has 0 aromatic heterocycles. The van der Waals surface area contributed by atoms with Crippen LogP contribution in [0.25, 0.3) is 0 Å². The Morgan fingerprint density at radius 1 is 0.962 bits per heavy atom. The summed E-state index contributed by atoms with van der Waals surface area (Å²) >= 11 is 0. The fourth-order valence-corrected chi connectivity index (χ4v) is 2.85. The zero-order valence-corrected chi connectivity index (χ0v) is 17.7. The normalized spacial score (nSPS) is 16.8. The van der Waals surface area contributed by atoms with E-state index in [2.05, 4.69) is 18.8 Å². The Bertz CT molecular complexity index is 484. The smallest absolute Gasteiger partial charge is 0.307 e. The van der Waals surface area contributed by atoms with Gasteiger partial charge < -0.3 is 4.74 Å². The van der Waals surface area contributed by atoms with Gasteiger partial charge in [0, 0.05) is 6.42 Å². The van der Waals surface area contributed by atoms with Crippen LogP contribution in [0.2, 0.25) is 0 Å². The van der Waals surface area contributed by atoms with Crippen molar-refractivity contribution in [1.29, 1.82) is 0 Å². The van der Waals surface area contributed by atoms with Crippen molar-refractivity contribution in [3.63, 3.8) is 0 Å². The molecule has 150 valence electrons. The molecule has 0 unspecified atom stereocenters. The Labute approximate surface area is 160 Å². The summed E-state index contributed by atoms with van der Waals surface area (Å²) in [5, 5.41) is 0. The van der Waals surface area contributed by atoms with Crippen molar-refractivity contribution < 1.29 is 19.3 Å². The van der Waals surface area contributed by atoms with Crippen LogP contribution < -0.4 is 0 Å². The van der Waals surface area contributed by atoms with Gasteiger partial charge in [-0.15, -0.1) is 0 Å². The zero-order valence-electron chi connectivity index (χ0n) is 17.7. The van der Waals surface area contributed by atoms with Gasteiger partial charge in [-0.05, 0) is 66.7 Å². The fourth-order valence-electron chi connectivity index (χ4n) is 2.85. The summed E-state index contributed by atoms with van der Waals surface area (Å²) in [6.07, 6.45) is 9.79. The van der Waals surface area contributed by atoms with E-state index in [0.717, 1.165) is 38.5 Å². The van der Waals surface area contributed by atoms with Crippen LogP contribution in [0.3, 0.4) is 0 Å². The average Bonchev–Trinajstić information content (AvgIpc) is 2.99. The van der Waals surface area contributed by atoms with E-state index in [4.69, 9.17) is 14.5 Å². The first-order valence-corrected chi connectivity index (χ1v) is 10.2. The van der Waals surface area contributed by atoms with Crippen LogP contribution in [0.1, 0.15) is 106 Å². The molecule has 1 saturated carbocycles. The van der Waals surface area contributed by atoms with Crippen LogP contribution in [0.15, 0.2) is 0 Å². The second kappa shape index (κ2) is 10.3. The molecule has 4 heteroatoms. The second-order valence-electron chi connectivity index (χ2n) is 8.88. The van der Waals surface area contributed by atoms with Gasteiger partial charge in [0.2, 0.25) is 0 Å². The van der Waals surface area contributed by atoms with E-state index >= 15 is 0 Å². The fraction of sp³-hybridized carbons (Fsp3) is 0.864. The third-order valence-corrected chi connectivity index (χ3v) is 4.30. The lowest BCUT2D eigenvalue weighted by atomic mass is 10.0. The van der Waals surface area contributed by atoms with E-state index in [0.29, 0.717) is 6.42 Å². The third-order valence-electron chi connectivity index (χ3n) is 4.30. The summed E-state index contributed by atoms with van der Waals surface area (Å²) in [5.41, 5.74) is -1.80. The number of carbonyl (C=O) groups excluding carboxylic acids is 1. The standard InChI is InChI=1S/C22H38O4/c1-7-8-9-10-11-14-19(23)24-22(15-12-13-16-22)18-17-21(5,6)26-25-20(2,3)4/h7-16H2,1-6H3. The molecule has 0 spiro atoms. The summed E-state index contributed by atoms with van der Waals surface area (Å²) in [7, 11) is 0. The molecule has 0 bridgehead atoms. The number of unbranched alkanes of at least 4 members (excludes halogenated alkanes) is 4. The molecule has 4 nitrogen and oxygen atoms in total. The molecule has 26 heavy (non-hydrogen) atoms. The molecule has 0 radical (unpaired) electrons. The summed E-state index contributed by atoms with van der Waals surface area (Å²) in [5.74, 6) is 6.22. The lowest BCUT2D eigenvalue weighted by Crippen LogP contribution is -2.33. The van der Waals surface area contributed by atoms with Gasteiger partial charge in [0.25, 0.3) is 0 Å². The van der Waals surface area contributed by atoms with Gasteiger partial charge in [0.05, 0.1) is 5.60 Å². The van der Waals surface area contributed by atoms with Crippen molar-refractivity contribution in [2.75, 3.05) is 0 Å². The molecular formula is C22H38O4. The minimum atomic E-state index is -0.755. The molecule has 0 aromatic rings. The van der Waals surface area contributed by atoms with E-state index in [1.165, 1.54) is 19.3 Å². The van der Waals surface area contributed by atoms with Crippen molar-refractivity contribution in [2.24, 2.45) is 0 Å². The van der Waals surface area contributed by atoms with Gasteiger partial charge in [0.1, 0.15) is 0 Å². The van der Waals surface area contributed by atoms with Gasteiger partial charge in [-0.3, -0.25) is 4.79 Å². The highest BCUT2D eigenvalue weighted by molar-refractivity contribution is 5.70.